The van der Waals surface area contributed by atoms with Crippen LogP contribution in [0.2, 0.25) is 0 Å². The Bertz CT molecular complexity index is 514. The van der Waals surface area contributed by atoms with Crippen molar-refractivity contribution in [2.75, 3.05) is 12.4 Å². The van der Waals surface area contributed by atoms with Crippen LogP contribution >= 0.6 is 9.47 Å². The topological polar surface area (TPSA) is 86.3 Å². The summed E-state index contributed by atoms with van der Waals surface area (Å²) < 4.78 is 5.97. The van der Waals surface area contributed by atoms with Gasteiger partial charge in [0.05, 0.1) is 9.47 Å². The summed E-state index contributed by atoms with van der Waals surface area (Å²) in [5, 5.41) is 2.75. The molecule has 20 heavy (non-hydrogen) atoms. The van der Waals surface area contributed by atoms with Crippen molar-refractivity contribution in [2.45, 2.75) is 33.1 Å². The number of nitrogen functional groups attached to an aromatic ring is 1. The summed E-state index contributed by atoms with van der Waals surface area (Å²) in [5.41, 5.74) is -0.358. The maximum Gasteiger partial charge on any atom is 0.273 e. The van der Waals surface area contributed by atoms with E-state index >= 15 is 0 Å². The van der Waals surface area contributed by atoms with Crippen molar-refractivity contribution in [2.24, 2.45) is 5.92 Å². The molecule has 0 aliphatic rings. The Labute approximate surface area is 120 Å². The molecule has 6 nitrogen and oxygen atoms in total. The molecule has 0 radical (unpaired) electrons. The van der Waals surface area contributed by atoms with E-state index in [1.165, 1.54) is 12.3 Å². The lowest BCUT2D eigenvalue weighted by Crippen LogP contribution is -2.32. The second-order valence-corrected chi connectivity index (χ2v) is 5.26. The fraction of sp³-hybridized carbons (Fsp3) is 0.538. The molecule has 0 aromatic carbocycles. The first-order chi connectivity index (χ1) is 9.47. The first-order valence-corrected chi connectivity index (χ1v) is 7.10. The summed E-state index contributed by atoms with van der Waals surface area (Å²) in [6, 6.07) is 1.25. The largest absolute Gasteiger partial charge is 0.474 e. The highest BCUT2D eigenvalue weighted by Crippen LogP contribution is 2.13. The number of nitrogens with zero attached hydrogens (tertiary/aromatic N) is 1. The Morgan fingerprint density at radius 2 is 2.20 bits per heavy atom. The number of carbonyl (C=O) groups is 1. The Morgan fingerprint density at radius 1 is 1.50 bits per heavy atom. The van der Waals surface area contributed by atoms with Crippen LogP contribution in [-0.2, 0) is 0 Å². The molecule has 1 rings (SSSR count). The molecule has 1 aromatic heterocycles. The van der Waals surface area contributed by atoms with Gasteiger partial charge in [0.2, 0.25) is 11.2 Å². The van der Waals surface area contributed by atoms with Crippen molar-refractivity contribution >= 4 is 15.4 Å². The maximum atomic E-state index is 12.1. The number of unbranched alkanes of at least 4 members (excludes halogenated alkanes) is 1. The van der Waals surface area contributed by atoms with E-state index < -0.39 is 5.91 Å². The van der Waals surface area contributed by atoms with E-state index in [0.29, 0.717) is 12.5 Å². The minimum Gasteiger partial charge on any atom is -0.474 e. The van der Waals surface area contributed by atoms with Gasteiger partial charge in [-0.05, 0) is 12.3 Å². The molecular weight excluding hydrogens is 277 g/mol. The lowest BCUT2D eigenvalue weighted by Gasteiger charge is -2.12. The minimum absolute atomic E-state index is 0.0244. The van der Waals surface area contributed by atoms with Crippen molar-refractivity contribution in [1.29, 1.82) is 0 Å². The molecule has 1 aromatic rings. The third-order valence-corrected chi connectivity index (χ3v) is 3.15. The summed E-state index contributed by atoms with van der Waals surface area (Å²) in [6.07, 6.45) is 4.41. The predicted octanol–water partition coefficient (Wildman–Crippen LogP) is 1.29. The smallest absolute Gasteiger partial charge is 0.273 e. The van der Waals surface area contributed by atoms with E-state index in [9.17, 15) is 9.59 Å². The average molecular weight is 299 g/mol. The molecule has 0 spiro atoms. The number of nitrogens with one attached hydrogen (secondary N) is 1. The number of amides is 1. The van der Waals surface area contributed by atoms with Crippen LogP contribution in [0.15, 0.2) is 17.1 Å². The molecule has 0 aliphatic heterocycles. The summed E-state index contributed by atoms with van der Waals surface area (Å²) in [6.45, 7) is 4.88. The highest BCUT2D eigenvalue weighted by Gasteiger charge is 2.18. The summed E-state index contributed by atoms with van der Waals surface area (Å²) >= 11 is 0. The fourth-order valence-electron chi connectivity index (χ4n) is 1.83. The molecule has 3 N–H and O–H groups in total. The van der Waals surface area contributed by atoms with Crippen LogP contribution < -0.4 is 21.1 Å². The normalized spacial score (nSPS) is 10.6. The molecule has 1 unspecified atom stereocenters. The van der Waals surface area contributed by atoms with Gasteiger partial charge >= 0.3 is 0 Å². The number of pyridine rings is 1. The zero-order valence-corrected chi connectivity index (χ0v) is 13.0. The number of hydrogen-bond donors (Lipinski definition) is 2. The first kappa shape index (κ1) is 16.5. The number of carbonyl (C=O) groups excluding carboxylic acids is 1. The van der Waals surface area contributed by atoms with E-state index in [1.807, 2.05) is 9.47 Å². The van der Waals surface area contributed by atoms with Crippen LogP contribution in [0.3, 0.4) is 0 Å². The zero-order chi connectivity index (χ0) is 15.1. The summed E-state index contributed by atoms with van der Waals surface area (Å²) in [5.74, 6) is 5.84. The van der Waals surface area contributed by atoms with Gasteiger partial charge in [0.15, 0.2) is 5.69 Å². The van der Waals surface area contributed by atoms with Crippen molar-refractivity contribution in [3.05, 3.63) is 28.2 Å². The lowest BCUT2D eigenvalue weighted by molar-refractivity contribution is 0.0943. The minimum atomic E-state index is -0.410. The fourth-order valence-corrected chi connectivity index (χ4v) is 2.06. The molecule has 0 saturated carbocycles. The molecule has 0 fully saturated rings. The van der Waals surface area contributed by atoms with Gasteiger partial charge in [0, 0.05) is 18.8 Å². The van der Waals surface area contributed by atoms with Gasteiger partial charge in [-0.15, -0.1) is 0 Å². The van der Waals surface area contributed by atoms with Gasteiger partial charge in [-0.1, -0.05) is 26.7 Å². The second kappa shape index (κ2) is 7.90. The van der Waals surface area contributed by atoms with Gasteiger partial charge < -0.3 is 15.7 Å². The third kappa shape index (κ3) is 4.53. The van der Waals surface area contributed by atoms with E-state index in [4.69, 9.17) is 10.4 Å². The molecule has 1 heterocycles. The standard InChI is InChI=1S/C13H22N3O3P/c1-9(2)5-3-4-7-15-13(18)11-12(19-20)10(17)6-8-16(11)14/h6,8-9H,3-5,7,14,20H2,1-2H3,(H,15,18). The Morgan fingerprint density at radius 3 is 2.80 bits per heavy atom. The molecule has 1 amide bonds. The third-order valence-electron chi connectivity index (χ3n) is 2.91. The Kier molecular flexibility index (Phi) is 6.52. The molecule has 0 aliphatic carbocycles. The Balaban J connectivity index is 2.64. The van der Waals surface area contributed by atoms with Crippen LogP contribution in [0, 0.1) is 5.92 Å². The van der Waals surface area contributed by atoms with Crippen molar-refractivity contribution < 1.29 is 9.32 Å². The van der Waals surface area contributed by atoms with Crippen LogP contribution in [0.4, 0.5) is 0 Å². The van der Waals surface area contributed by atoms with Crippen LogP contribution in [0.25, 0.3) is 0 Å². The van der Waals surface area contributed by atoms with Crippen LogP contribution in [0.5, 0.6) is 5.75 Å². The molecule has 0 bridgehead atoms. The predicted molar refractivity (Wildman–Crippen MR) is 82.2 cm³/mol. The number of rotatable bonds is 7. The van der Waals surface area contributed by atoms with Crippen LogP contribution in [-0.4, -0.2) is 17.1 Å². The quantitative estimate of drug-likeness (QED) is 0.451. The van der Waals surface area contributed by atoms with Crippen molar-refractivity contribution in [3.8, 4) is 5.75 Å². The van der Waals surface area contributed by atoms with Gasteiger partial charge in [0.1, 0.15) is 0 Å². The van der Waals surface area contributed by atoms with Gasteiger partial charge in [0.25, 0.3) is 5.91 Å². The number of nitrogens with two attached hydrogens (primary N) is 1. The number of hydrogen-bond acceptors (Lipinski definition) is 4. The monoisotopic (exact) mass is 299 g/mol. The molecule has 7 heteroatoms. The van der Waals surface area contributed by atoms with Crippen LogP contribution in [0.1, 0.15) is 43.6 Å². The highest BCUT2D eigenvalue weighted by atomic mass is 31.0. The first-order valence-electron chi connectivity index (χ1n) is 6.63. The summed E-state index contributed by atoms with van der Waals surface area (Å²) in [7, 11) is 1.96. The van der Waals surface area contributed by atoms with E-state index in [2.05, 4.69) is 19.2 Å². The van der Waals surface area contributed by atoms with Crippen molar-refractivity contribution in [3.63, 3.8) is 0 Å². The van der Waals surface area contributed by atoms with E-state index in [1.54, 1.807) is 0 Å². The second-order valence-electron chi connectivity index (χ2n) is 5.03. The molecule has 0 saturated heterocycles. The van der Waals surface area contributed by atoms with Gasteiger partial charge in [-0.2, -0.15) is 0 Å². The van der Waals surface area contributed by atoms with E-state index in [-0.39, 0.29) is 16.9 Å². The zero-order valence-electron chi connectivity index (χ0n) is 11.9. The maximum absolute atomic E-state index is 12.1. The number of aromatic nitrogens is 1. The van der Waals surface area contributed by atoms with Gasteiger partial charge in [-0.3, -0.25) is 14.3 Å². The average Bonchev–Trinajstić information content (AvgIpc) is 2.39. The van der Waals surface area contributed by atoms with E-state index in [0.717, 1.165) is 23.9 Å². The molecular formula is C13H22N3O3P. The lowest BCUT2D eigenvalue weighted by atomic mass is 10.1. The highest BCUT2D eigenvalue weighted by molar-refractivity contribution is 7.10. The van der Waals surface area contributed by atoms with Crippen molar-refractivity contribution in [1.82, 2.24) is 9.99 Å². The Hall–Kier alpha value is -1.55. The SMILES string of the molecule is CC(C)CCCCNC(=O)c1c(OP)c(=O)ccn1N. The summed E-state index contributed by atoms with van der Waals surface area (Å²) in [4.78, 5) is 23.6. The molecule has 1 atom stereocenters. The molecule has 112 valence electrons. The van der Waals surface area contributed by atoms with Gasteiger partial charge in [-0.25, -0.2) is 0 Å².